The lowest BCUT2D eigenvalue weighted by Gasteiger charge is -2.31. The Morgan fingerprint density at radius 1 is 1.31 bits per heavy atom. The van der Waals surface area contributed by atoms with E-state index in [-0.39, 0.29) is 26.9 Å². The van der Waals surface area contributed by atoms with Crippen LogP contribution in [0.3, 0.4) is 0 Å². The van der Waals surface area contributed by atoms with E-state index in [0.29, 0.717) is 31.5 Å². The first-order chi connectivity index (χ1) is 13.8. The van der Waals surface area contributed by atoms with Gasteiger partial charge in [0, 0.05) is 31.3 Å². The van der Waals surface area contributed by atoms with Crippen molar-refractivity contribution in [2.24, 2.45) is 0 Å². The molecule has 154 valence electrons. The molecule has 1 aromatic heterocycles. The van der Waals surface area contributed by atoms with Crippen LogP contribution >= 0.6 is 22.9 Å². The Morgan fingerprint density at radius 3 is 2.66 bits per heavy atom. The van der Waals surface area contributed by atoms with Gasteiger partial charge < -0.3 is 4.90 Å². The van der Waals surface area contributed by atoms with Gasteiger partial charge in [-0.1, -0.05) is 23.7 Å². The smallest absolute Gasteiger partial charge is 0.288 e. The first kappa shape index (κ1) is 21.4. The number of carbonyl (C=O) groups excluding carboxylic acids is 1. The standard InChI is InChI=1S/C18H18ClN3O5S2/c19-15-5-3-13(12-16(15)22(24)25)4-6-17(23)21-9-7-14(8-10-21)20-29(26,27)18-2-1-11-28-18/h1-6,11-12,14,20H,7-10H2/b6-4+. The molecule has 0 radical (unpaired) electrons. The lowest BCUT2D eigenvalue weighted by Crippen LogP contribution is -2.46. The highest BCUT2D eigenvalue weighted by molar-refractivity contribution is 7.91. The van der Waals surface area contributed by atoms with E-state index in [1.54, 1.807) is 28.5 Å². The fourth-order valence-corrected chi connectivity index (χ4v) is 5.46. The van der Waals surface area contributed by atoms with Gasteiger partial charge in [-0.15, -0.1) is 11.3 Å². The third-order valence-electron chi connectivity index (χ3n) is 4.47. The molecule has 0 saturated carbocycles. The summed E-state index contributed by atoms with van der Waals surface area (Å²) in [5, 5.41) is 12.7. The summed E-state index contributed by atoms with van der Waals surface area (Å²) in [5.74, 6) is -0.234. The number of nitrogens with one attached hydrogen (secondary N) is 1. The number of rotatable bonds is 6. The average Bonchev–Trinajstić information content (AvgIpc) is 3.23. The summed E-state index contributed by atoms with van der Waals surface area (Å²) >= 11 is 6.94. The molecule has 1 amide bonds. The van der Waals surface area contributed by atoms with Gasteiger partial charge in [0.05, 0.1) is 4.92 Å². The molecule has 8 nitrogen and oxygen atoms in total. The molecule has 0 aliphatic carbocycles. The van der Waals surface area contributed by atoms with Crippen LogP contribution < -0.4 is 4.72 Å². The molecule has 29 heavy (non-hydrogen) atoms. The highest BCUT2D eigenvalue weighted by Gasteiger charge is 2.26. The SMILES string of the molecule is O=C(/C=C/c1ccc(Cl)c([N+](=O)[O-])c1)N1CCC(NS(=O)(=O)c2cccs2)CC1. The number of nitrogens with zero attached hydrogens (tertiary/aromatic N) is 2. The Labute approximate surface area is 177 Å². The molecule has 0 bridgehead atoms. The second-order valence-corrected chi connectivity index (χ2v) is 9.75. The molecule has 1 saturated heterocycles. The monoisotopic (exact) mass is 455 g/mol. The van der Waals surface area contributed by atoms with E-state index in [0.717, 1.165) is 11.3 Å². The van der Waals surface area contributed by atoms with E-state index in [9.17, 15) is 23.3 Å². The largest absolute Gasteiger partial charge is 0.339 e. The van der Waals surface area contributed by atoms with Crippen molar-refractivity contribution in [1.29, 1.82) is 0 Å². The number of amides is 1. The topological polar surface area (TPSA) is 110 Å². The van der Waals surface area contributed by atoms with E-state index < -0.39 is 14.9 Å². The van der Waals surface area contributed by atoms with Gasteiger partial charge in [-0.2, -0.15) is 0 Å². The number of sulfonamides is 1. The summed E-state index contributed by atoms with van der Waals surface area (Å²) in [6.07, 6.45) is 3.87. The zero-order chi connectivity index (χ0) is 21.0. The minimum absolute atomic E-state index is 0.0329. The van der Waals surface area contributed by atoms with E-state index >= 15 is 0 Å². The number of benzene rings is 1. The van der Waals surface area contributed by atoms with Crippen molar-refractivity contribution in [2.45, 2.75) is 23.1 Å². The highest BCUT2D eigenvalue weighted by atomic mass is 35.5. The molecule has 1 aliphatic rings. The Kier molecular flexibility index (Phi) is 6.68. The molecule has 2 aromatic rings. The average molecular weight is 456 g/mol. The molecule has 0 unspecified atom stereocenters. The number of likely N-dealkylation sites (tertiary alicyclic amines) is 1. The quantitative estimate of drug-likeness (QED) is 0.408. The summed E-state index contributed by atoms with van der Waals surface area (Å²) in [5.41, 5.74) is 0.271. The number of halogens is 1. The van der Waals surface area contributed by atoms with Crippen LogP contribution in [0.15, 0.2) is 46.0 Å². The van der Waals surface area contributed by atoms with Crippen molar-refractivity contribution < 1.29 is 18.1 Å². The Bertz CT molecular complexity index is 1030. The van der Waals surface area contributed by atoms with Gasteiger partial charge in [0.25, 0.3) is 5.69 Å². The maximum Gasteiger partial charge on any atom is 0.288 e. The number of carbonyl (C=O) groups is 1. The van der Waals surface area contributed by atoms with Gasteiger partial charge in [0.1, 0.15) is 9.23 Å². The molecular weight excluding hydrogens is 438 g/mol. The molecule has 3 rings (SSSR count). The first-order valence-corrected chi connectivity index (χ1v) is 11.5. The van der Waals surface area contributed by atoms with E-state index in [1.165, 1.54) is 24.3 Å². The summed E-state index contributed by atoms with van der Waals surface area (Å²) in [6.45, 7) is 0.836. The van der Waals surface area contributed by atoms with Gasteiger partial charge in [0.2, 0.25) is 15.9 Å². The van der Waals surface area contributed by atoms with Gasteiger partial charge >= 0.3 is 0 Å². The maximum atomic E-state index is 12.4. The van der Waals surface area contributed by atoms with Crippen LogP contribution in [0.4, 0.5) is 5.69 Å². The number of hydrogen-bond acceptors (Lipinski definition) is 6. The second kappa shape index (κ2) is 9.04. The maximum absolute atomic E-state index is 12.4. The number of nitro benzene ring substituents is 1. The van der Waals surface area contributed by atoms with E-state index in [4.69, 9.17) is 11.6 Å². The van der Waals surface area contributed by atoms with Crippen LogP contribution in [0.5, 0.6) is 0 Å². The van der Waals surface area contributed by atoms with Crippen molar-refractivity contribution in [3.05, 3.63) is 62.5 Å². The molecule has 2 heterocycles. The second-order valence-electron chi connectivity index (χ2n) is 6.45. The fourth-order valence-electron chi connectivity index (χ4n) is 2.96. The Hall–Kier alpha value is -2.27. The van der Waals surface area contributed by atoms with Crippen LogP contribution in [-0.2, 0) is 14.8 Å². The van der Waals surface area contributed by atoms with Gasteiger partial charge in [-0.05, 0) is 42.0 Å². The van der Waals surface area contributed by atoms with Crippen LogP contribution in [0, 0.1) is 10.1 Å². The number of thiophene rings is 1. The Morgan fingerprint density at radius 2 is 2.03 bits per heavy atom. The Balaban J connectivity index is 1.56. The van der Waals surface area contributed by atoms with Crippen molar-refractivity contribution in [3.8, 4) is 0 Å². The molecule has 1 aliphatic heterocycles. The zero-order valence-corrected chi connectivity index (χ0v) is 17.5. The van der Waals surface area contributed by atoms with Crippen LogP contribution in [-0.4, -0.2) is 43.3 Å². The normalized spacial score (nSPS) is 15.7. The molecule has 1 N–H and O–H groups in total. The van der Waals surface area contributed by atoms with E-state index in [2.05, 4.69) is 4.72 Å². The summed E-state index contributed by atoms with van der Waals surface area (Å²) in [6, 6.07) is 7.31. The van der Waals surface area contributed by atoms with Crippen molar-refractivity contribution >= 4 is 50.6 Å². The van der Waals surface area contributed by atoms with Crippen LogP contribution in [0.2, 0.25) is 5.02 Å². The minimum Gasteiger partial charge on any atom is -0.339 e. The molecule has 11 heteroatoms. The third-order valence-corrected chi connectivity index (χ3v) is 7.71. The number of hydrogen-bond donors (Lipinski definition) is 1. The van der Waals surface area contributed by atoms with Crippen molar-refractivity contribution in [1.82, 2.24) is 9.62 Å². The summed E-state index contributed by atoms with van der Waals surface area (Å²) in [4.78, 5) is 24.4. The number of nitro groups is 1. The van der Waals surface area contributed by atoms with Gasteiger partial charge in [0.15, 0.2) is 0 Å². The summed E-state index contributed by atoms with van der Waals surface area (Å²) in [7, 11) is -3.53. The molecular formula is C18H18ClN3O5S2. The molecule has 0 atom stereocenters. The first-order valence-electron chi connectivity index (χ1n) is 8.73. The number of piperidine rings is 1. The van der Waals surface area contributed by atoms with Crippen LogP contribution in [0.1, 0.15) is 18.4 Å². The zero-order valence-electron chi connectivity index (χ0n) is 15.2. The lowest BCUT2D eigenvalue weighted by molar-refractivity contribution is -0.384. The molecule has 0 spiro atoms. The molecule has 1 aromatic carbocycles. The van der Waals surface area contributed by atoms with Crippen molar-refractivity contribution in [2.75, 3.05) is 13.1 Å². The minimum atomic E-state index is -3.53. The molecule has 1 fully saturated rings. The van der Waals surface area contributed by atoms with Crippen LogP contribution in [0.25, 0.3) is 6.08 Å². The van der Waals surface area contributed by atoms with E-state index in [1.807, 2.05) is 0 Å². The predicted molar refractivity (Wildman–Crippen MR) is 111 cm³/mol. The third kappa shape index (κ3) is 5.41. The van der Waals surface area contributed by atoms with Gasteiger partial charge in [-0.25, -0.2) is 13.1 Å². The lowest BCUT2D eigenvalue weighted by atomic mass is 10.1. The summed E-state index contributed by atoms with van der Waals surface area (Å²) < 4.78 is 27.5. The fraction of sp³-hybridized carbons (Fsp3) is 0.278. The van der Waals surface area contributed by atoms with Crippen molar-refractivity contribution in [3.63, 3.8) is 0 Å². The predicted octanol–water partition coefficient (Wildman–Crippen LogP) is 3.29. The highest BCUT2D eigenvalue weighted by Crippen LogP contribution is 2.25. The van der Waals surface area contributed by atoms with Gasteiger partial charge in [-0.3, -0.25) is 14.9 Å².